The van der Waals surface area contributed by atoms with Crippen LogP contribution in [0.4, 0.5) is 0 Å². The average molecular weight is 188 g/mol. The first-order chi connectivity index (χ1) is 6.68. The van der Waals surface area contributed by atoms with E-state index in [-0.39, 0.29) is 12.1 Å². The third kappa shape index (κ3) is 1.43. The molecule has 0 saturated carbocycles. The van der Waals surface area contributed by atoms with Gasteiger partial charge in [0.2, 0.25) is 0 Å². The van der Waals surface area contributed by atoms with E-state index < -0.39 is 0 Å². The van der Waals surface area contributed by atoms with Crippen LogP contribution in [0, 0.1) is 0 Å². The molecule has 0 bridgehead atoms. The monoisotopic (exact) mass is 188 g/mol. The number of ether oxygens (including phenoxy) is 1. The van der Waals surface area contributed by atoms with Gasteiger partial charge in [-0.25, -0.2) is 0 Å². The summed E-state index contributed by atoms with van der Waals surface area (Å²) in [6, 6.07) is 7.97. The van der Waals surface area contributed by atoms with Crippen LogP contribution >= 0.6 is 0 Å². The van der Waals surface area contributed by atoms with Crippen molar-refractivity contribution in [3.05, 3.63) is 41.0 Å². The number of fused-ring (bicyclic) bond motifs is 1. The zero-order chi connectivity index (χ0) is 10.1. The van der Waals surface area contributed by atoms with E-state index in [4.69, 9.17) is 4.74 Å². The van der Waals surface area contributed by atoms with Crippen LogP contribution in [0.25, 0.3) is 6.08 Å². The van der Waals surface area contributed by atoms with E-state index in [2.05, 4.69) is 6.08 Å². The highest BCUT2D eigenvalue weighted by molar-refractivity contribution is 5.70. The quantitative estimate of drug-likeness (QED) is 0.633. The fraction of sp³-hybridized carbons (Fsp3) is 0.250. The lowest BCUT2D eigenvalue weighted by molar-refractivity contribution is -0.144. The average Bonchev–Trinajstić information content (AvgIpc) is 2.43. The van der Waals surface area contributed by atoms with Gasteiger partial charge in [-0.2, -0.15) is 0 Å². The molecule has 1 unspecified atom stereocenters. The molecule has 1 aliphatic carbocycles. The Hall–Kier alpha value is -1.57. The second kappa shape index (κ2) is 3.29. The molecule has 1 aliphatic rings. The standard InChI is InChI=1S/C12H12O2/c1-8-7-10-5-3-4-6-11(10)12(8)14-9(2)13/h3-7,12H,1-2H3. The van der Waals surface area contributed by atoms with E-state index in [0.29, 0.717) is 0 Å². The van der Waals surface area contributed by atoms with E-state index in [0.717, 1.165) is 16.7 Å². The number of benzene rings is 1. The van der Waals surface area contributed by atoms with Gasteiger partial charge in [-0.15, -0.1) is 0 Å². The summed E-state index contributed by atoms with van der Waals surface area (Å²) < 4.78 is 5.24. The largest absolute Gasteiger partial charge is 0.453 e. The van der Waals surface area contributed by atoms with Gasteiger partial charge in [0, 0.05) is 12.5 Å². The van der Waals surface area contributed by atoms with Gasteiger partial charge in [0.05, 0.1) is 0 Å². The van der Waals surface area contributed by atoms with Crippen LogP contribution in [0.3, 0.4) is 0 Å². The van der Waals surface area contributed by atoms with Crippen LogP contribution in [0.15, 0.2) is 29.8 Å². The van der Waals surface area contributed by atoms with Crippen molar-refractivity contribution in [2.45, 2.75) is 20.0 Å². The van der Waals surface area contributed by atoms with Gasteiger partial charge in [0.1, 0.15) is 6.10 Å². The number of hydrogen-bond acceptors (Lipinski definition) is 2. The lowest BCUT2D eigenvalue weighted by Crippen LogP contribution is -2.07. The molecule has 0 saturated heterocycles. The Morgan fingerprint density at radius 1 is 1.36 bits per heavy atom. The Bertz CT molecular complexity index is 405. The number of rotatable bonds is 1. The highest BCUT2D eigenvalue weighted by Gasteiger charge is 2.24. The molecular formula is C12H12O2. The minimum Gasteiger partial charge on any atom is -0.453 e. The van der Waals surface area contributed by atoms with E-state index in [1.807, 2.05) is 31.2 Å². The summed E-state index contributed by atoms with van der Waals surface area (Å²) >= 11 is 0. The molecule has 0 fully saturated rings. The van der Waals surface area contributed by atoms with Gasteiger partial charge in [0.25, 0.3) is 0 Å². The Kier molecular flexibility index (Phi) is 2.12. The number of esters is 1. The highest BCUT2D eigenvalue weighted by Crippen LogP contribution is 2.36. The van der Waals surface area contributed by atoms with Gasteiger partial charge in [-0.05, 0) is 18.1 Å². The number of hydrogen-bond donors (Lipinski definition) is 0. The van der Waals surface area contributed by atoms with Crippen molar-refractivity contribution in [3.63, 3.8) is 0 Å². The molecule has 0 aromatic heterocycles. The van der Waals surface area contributed by atoms with Gasteiger partial charge in [-0.3, -0.25) is 4.79 Å². The van der Waals surface area contributed by atoms with Crippen LogP contribution in [0.2, 0.25) is 0 Å². The molecule has 2 rings (SSSR count). The van der Waals surface area contributed by atoms with E-state index in [1.165, 1.54) is 6.92 Å². The summed E-state index contributed by atoms with van der Waals surface area (Å²) in [4.78, 5) is 10.9. The molecule has 2 nitrogen and oxygen atoms in total. The number of carbonyl (C=O) groups is 1. The number of carbonyl (C=O) groups excluding carboxylic acids is 1. The Morgan fingerprint density at radius 2 is 2.07 bits per heavy atom. The van der Waals surface area contributed by atoms with Gasteiger partial charge in [-0.1, -0.05) is 30.3 Å². The third-order valence-corrected chi connectivity index (χ3v) is 2.36. The highest BCUT2D eigenvalue weighted by atomic mass is 16.5. The van der Waals surface area contributed by atoms with E-state index in [1.54, 1.807) is 0 Å². The zero-order valence-electron chi connectivity index (χ0n) is 8.28. The summed E-state index contributed by atoms with van der Waals surface area (Å²) in [6.07, 6.45) is 1.88. The van der Waals surface area contributed by atoms with Gasteiger partial charge < -0.3 is 4.74 Å². The van der Waals surface area contributed by atoms with Crippen molar-refractivity contribution >= 4 is 12.0 Å². The SMILES string of the molecule is CC(=O)OC1C(C)=Cc2ccccc21. The molecule has 0 aliphatic heterocycles. The lowest BCUT2D eigenvalue weighted by Gasteiger charge is -2.13. The van der Waals surface area contributed by atoms with Crippen molar-refractivity contribution < 1.29 is 9.53 Å². The maximum atomic E-state index is 10.9. The predicted molar refractivity (Wildman–Crippen MR) is 54.6 cm³/mol. The van der Waals surface area contributed by atoms with Crippen molar-refractivity contribution in [1.29, 1.82) is 0 Å². The fourth-order valence-electron chi connectivity index (χ4n) is 1.77. The second-order valence-electron chi connectivity index (χ2n) is 3.51. The zero-order valence-corrected chi connectivity index (χ0v) is 8.28. The van der Waals surface area contributed by atoms with Gasteiger partial charge >= 0.3 is 5.97 Å². The molecule has 1 aromatic rings. The molecule has 0 heterocycles. The molecule has 1 aromatic carbocycles. The van der Waals surface area contributed by atoms with Crippen LogP contribution in [-0.4, -0.2) is 5.97 Å². The lowest BCUT2D eigenvalue weighted by atomic mass is 10.1. The van der Waals surface area contributed by atoms with Crippen LogP contribution in [-0.2, 0) is 9.53 Å². The first-order valence-corrected chi connectivity index (χ1v) is 4.63. The third-order valence-electron chi connectivity index (χ3n) is 2.36. The normalized spacial score (nSPS) is 18.7. The van der Waals surface area contributed by atoms with Crippen molar-refractivity contribution in [1.82, 2.24) is 0 Å². The van der Waals surface area contributed by atoms with Gasteiger partial charge in [0.15, 0.2) is 0 Å². The summed E-state index contributed by atoms with van der Waals surface area (Å²) in [6.45, 7) is 3.42. The summed E-state index contributed by atoms with van der Waals surface area (Å²) in [5.41, 5.74) is 3.32. The smallest absolute Gasteiger partial charge is 0.303 e. The Labute approximate surface area is 83.2 Å². The van der Waals surface area contributed by atoms with Crippen LogP contribution in [0.1, 0.15) is 31.1 Å². The van der Waals surface area contributed by atoms with Crippen molar-refractivity contribution in [2.75, 3.05) is 0 Å². The van der Waals surface area contributed by atoms with E-state index >= 15 is 0 Å². The van der Waals surface area contributed by atoms with Crippen LogP contribution in [0.5, 0.6) is 0 Å². The minimum atomic E-state index is -0.237. The van der Waals surface area contributed by atoms with E-state index in [9.17, 15) is 4.79 Å². The fourth-order valence-corrected chi connectivity index (χ4v) is 1.77. The summed E-state index contributed by atoms with van der Waals surface area (Å²) in [7, 11) is 0. The first kappa shape index (κ1) is 9.00. The Morgan fingerprint density at radius 3 is 2.79 bits per heavy atom. The summed E-state index contributed by atoms with van der Waals surface area (Å²) in [5.74, 6) is -0.237. The molecule has 72 valence electrons. The second-order valence-corrected chi connectivity index (χ2v) is 3.51. The summed E-state index contributed by atoms with van der Waals surface area (Å²) in [5, 5.41) is 0. The maximum Gasteiger partial charge on any atom is 0.303 e. The molecule has 0 amide bonds. The minimum absolute atomic E-state index is 0.177. The molecule has 14 heavy (non-hydrogen) atoms. The maximum absolute atomic E-state index is 10.9. The molecule has 1 atom stereocenters. The molecule has 0 radical (unpaired) electrons. The molecule has 2 heteroatoms. The molecule has 0 spiro atoms. The Balaban J connectivity index is 2.36. The molecular weight excluding hydrogens is 176 g/mol. The van der Waals surface area contributed by atoms with Crippen molar-refractivity contribution in [2.24, 2.45) is 0 Å². The molecule has 0 N–H and O–H groups in total. The van der Waals surface area contributed by atoms with Crippen molar-refractivity contribution in [3.8, 4) is 0 Å². The first-order valence-electron chi connectivity index (χ1n) is 4.63. The topological polar surface area (TPSA) is 26.3 Å². The predicted octanol–water partition coefficient (Wildman–Crippen LogP) is 2.71. The van der Waals surface area contributed by atoms with Crippen LogP contribution < -0.4 is 0 Å².